The zero-order valence-electron chi connectivity index (χ0n) is 11.8. The molecule has 0 aromatic heterocycles. The van der Waals surface area contributed by atoms with E-state index in [1.165, 1.54) is 0 Å². The summed E-state index contributed by atoms with van der Waals surface area (Å²) < 4.78 is 10.6. The number of ketones is 1. The second kappa shape index (κ2) is 12.0. The highest BCUT2D eigenvalue weighted by Gasteiger charge is 1.97. The molecule has 4 nitrogen and oxygen atoms in total. The fourth-order valence-corrected chi connectivity index (χ4v) is 1.92. The van der Waals surface area contributed by atoms with Gasteiger partial charge in [0.15, 0.2) is 0 Å². The number of unbranched alkanes of at least 4 members (excludes halogenated alkanes) is 2. The lowest BCUT2D eigenvalue weighted by Crippen LogP contribution is -2.01. The van der Waals surface area contributed by atoms with Crippen molar-refractivity contribution in [1.82, 2.24) is 0 Å². The molecule has 1 aromatic carbocycles. The molecule has 0 aliphatic carbocycles. The maximum Gasteiger partial charge on any atom is 0.147 e. The average Bonchev–Trinajstić information content (AvgIpc) is 2.44. The van der Waals surface area contributed by atoms with E-state index in [1.54, 1.807) is 12.1 Å². The predicted molar refractivity (Wildman–Crippen MR) is 85.0 cm³/mol. The molecule has 0 spiro atoms. The van der Waals surface area contributed by atoms with Crippen LogP contribution in [0.5, 0.6) is 0 Å². The number of rotatable bonds is 7. The summed E-state index contributed by atoms with van der Waals surface area (Å²) in [6.45, 7) is 2.69. The third-order valence-corrected chi connectivity index (χ3v) is 3.60. The highest BCUT2D eigenvalue weighted by molar-refractivity contribution is 7.82. The second-order valence-corrected chi connectivity index (χ2v) is 5.72. The molecular weight excluding hydrogens is 296 g/mol. The summed E-state index contributed by atoms with van der Waals surface area (Å²) in [5.74, 6) is 0.293. The smallest absolute Gasteiger partial charge is 0.147 e. The Hall–Kier alpha value is -0.750. The highest BCUT2D eigenvalue weighted by atomic mass is 35.5. The van der Waals surface area contributed by atoms with Gasteiger partial charge in [0.1, 0.15) is 16.8 Å². The van der Waals surface area contributed by atoms with E-state index >= 15 is 0 Å². The van der Waals surface area contributed by atoms with Crippen LogP contribution in [0.3, 0.4) is 0 Å². The minimum Gasteiger partial charge on any atom is -0.330 e. The fourth-order valence-electron chi connectivity index (χ4n) is 1.38. The maximum atomic E-state index is 10.6. The summed E-state index contributed by atoms with van der Waals surface area (Å²) in [6, 6.07) is 7.32. The first-order chi connectivity index (χ1) is 9.51. The molecule has 1 unspecified atom stereocenters. The molecule has 0 saturated carbocycles. The first kappa shape index (κ1) is 19.2. The van der Waals surface area contributed by atoms with Crippen molar-refractivity contribution in [2.75, 3.05) is 12.4 Å². The lowest BCUT2D eigenvalue weighted by atomic mass is 10.1. The van der Waals surface area contributed by atoms with Crippen molar-refractivity contribution >= 4 is 28.4 Å². The standard InChI is InChI=1S/C7H14ClNO.C7H9NOS/c8-6-7(10)4-2-1-3-5-9;1-6-2-4-7(5-3-6)10(8)9/h1-6,9H2;2-5H,8H2,1H3. The molecule has 0 heterocycles. The van der Waals surface area contributed by atoms with Crippen LogP contribution < -0.4 is 10.9 Å². The minimum absolute atomic E-state index is 0.138. The zero-order chi connectivity index (χ0) is 15.4. The molecule has 6 heteroatoms. The van der Waals surface area contributed by atoms with Gasteiger partial charge in [-0.3, -0.25) is 4.79 Å². The van der Waals surface area contributed by atoms with E-state index in [9.17, 15) is 9.00 Å². The summed E-state index contributed by atoms with van der Waals surface area (Å²) in [5, 5.41) is 5.14. The molecule has 0 fully saturated rings. The molecule has 114 valence electrons. The van der Waals surface area contributed by atoms with Gasteiger partial charge >= 0.3 is 0 Å². The summed E-state index contributed by atoms with van der Waals surface area (Å²) in [5.41, 5.74) is 6.41. The summed E-state index contributed by atoms with van der Waals surface area (Å²) in [6.07, 6.45) is 3.60. The van der Waals surface area contributed by atoms with E-state index in [-0.39, 0.29) is 11.7 Å². The van der Waals surface area contributed by atoms with Crippen molar-refractivity contribution in [3.63, 3.8) is 0 Å². The lowest BCUT2D eigenvalue weighted by molar-refractivity contribution is -0.116. The van der Waals surface area contributed by atoms with Crippen molar-refractivity contribution in [3.8, 4) is 0 Å². The molecule has 0 amide bonds. The predicted octanol–water partition coefficient (Wildman–Crippen LogP) is 2.29. The number of hydrogen-bond donors (Lipinski definition) is 2. The first-order valence-electron chi connectivity index (χ1n) is 6.51. The monoisotopic (exact) mass is 318 g/mol. The fraction of sp³-hybridized carbons (Fsp3) is 0.500. The molecule has 0 radical (unpaired) electrons. The number of carbonyl (C=O) groups is 1. The van der Waals surface area contributed by atoms with E-state index in [1.807, 2.05) is 19.1 Å². The van der Waals surface area contributed by atoms with E-state index in [0.29, 0.717) is 11.3 Å². The SMILES string of the molecule is Cc1ccc(S(N)=O)cc1.NCCCCCC(=O)CCl. The molecular formula is C14H23ClN2O2S. The Labute approximate surface area is 128 Å². The van der Waals surface area contributed by atoms with E-state index in [4.69, 9.17) is 22.5 Å². The van der Waals surface area contributed by atoms with Gasteiger partial charge in [-0.1, -0.05) is 24.1 Å². The van der Waals surface area contributed by atoms with Crippen molar-refractivity contribution in [2.24, 2.45) is 10.9 Å². The Morgan fingerprint density at radius 1 is 1.20 bits per heavy atom. The number of aryl methyl sites for hydroxylation is 1. The average molecular weight is 319 g/mol. The summed E-state index contributed by atoms with van der Waals surface area (Å²) >= 11 is 5.29. The van der Waals surface area contributed by atoms with Crippen molar-refractivity contribution in [1.29, 1.82) is 0 Å². The second-order valence-electron chi connectivity index (χ2n) is 4.38. The Kier molecular flexibility index (Phi) is 11.6. The number of hydrogen-bond acceptors (Lipinski definition) is 3. The van der Waals surface area contributed by atoms with Gasteiger partial charge in [-0.25, -0.2) is 9.35 Å². The largest absolute Gasteiger partial charge is 0.330 e. The molecule has 4 N–H and O–H groups in total. The molecule has 1 atom stereocenters. The van der Waals surface area contributed by atoms with Gasteiger partial charge in [-0.15, -0.1) is 11.6 Å². The topological polar surface area (TPSA) is 86.2 Å². The van der Waals surface area contributed by atoms with Crippen LogP contribution in [0.15, 0.2) is 29.2 Å². The molecule has 1 aromatic rings. The zero-order valence-corrected chi connectivity index (χ0v) is 13.4. The van der Waals surface area contributed by atoms with Crippen LogP contribution in [-0.4, -0.2) is 22.4 Å². The van der Waals surface area contributed by atoms with Gasteiger partial charge in [0.2, 0.25) is 0 Å². The van der Waals surface area contributed by atoms with Crippen LogP contribution in [0.4, 0.5) is 0 Å². The van der Waals surface area contributed by atoms with E-state index < -0.39 is 11.0 Å². The van der Waals surface area contributed by atoms with E-state index in [0.717, 1.165) is 31.4 Å². The lowest BCUT2D eigenvalue weighted by Gasteiger charge is -1.95. The number of nitrogens with two attached hydrogens (primary N) is 2. The van der Waals surface area contributed by atoms with Gasteiger partial charge in [0.05, 0.1) is 10.8 Å². The Morgan fingerprint density at radius 2 is 1.80 bits per heavy atom. The van der Waals surface area contributed by atoms with Gasteiger partial charge in [-0.2, -0.15) is 0 Å². The highest BCUT2D eigenvalue weighted by Crippen LogP contribution is 2.04. The third kappa shape index (κ3) is 10.1. The van der Waals surface area contributed by atoms with Gasteiger partial charge in [0.25, 0.3) is 0 Å². The number of benzene rings is 1. The molecule has 0 bridgehead atoms. The number of carbonyl (C=O) groups excluding carboxylic acids is 1. The van der Waals surface area contributed by atoms with Crippen LogP contribution in [0.2, 0.25) is 0 Å². The number of halogens is 1. The third-order valence-electron chi connectivity index (χ3n) is 2.56. The van der Waals surface area contributed by atoms with Gasteiger partial charge in [0, 0.05) is 6.42 Å². The van der Waals surface area contributed by atoms with Crippen molar-refractivity contribution in [2.45, 2.75) is 37.5 Å². The van der Waals surface area contributed by atoms with Crippen molar-refractivity contribution in [3.05, 3.63) is 29.8 Å². The van der Waals surface area contributed by atoms with Crippen LogP contribution in [0.1, 0.15) is 31.2 Å². The molecule has 0 saturated heterocycles. The molecule has 0 aliphatic heterocycles. The number of Topliss-reactive ketones (excluding diaryl/α,β-unsaturated/α-hetero) is 1. The van der Waals surface area contributed by atoms with Gasteiger partial charge in [-0.05, 0) is 38.4 Å². The Bertz CT molecular complexity index is 410. The van der Waals surface area contributed by atoms with Crippen LogP contribution >= 0.6 is 11.6 Å². The Morgan fingerprint density at radius 3 is 2.25 bits per heavy atom. The van der Waals surface area contributed by atoms with Crippen LogP contribution in [0, 0.1) is 6.92 Å². The maximum absolute atomic E-state index is 10.6. The Balaban J connectivity index is 0.000000361. The minimum atomic E-state index is -1.34. The normalized spacial score (nSPS) is 11.4. The summed E-state index contributed by atoms with van der Waals surface area (Å²) in [7, 11) is -1.34. The molecule has 20 heavy (non-hydrogen) atoms. The quantitative estimate of drug-likeness (QED) is 0.597. The van der Waals surface area contributed by atoms with Crippen LogP contribution in [0.25, 0.3) is 0 Å². The number of alkyl halides is 1. The van der Waals surface area contributed by atoms with E-state index in [2.05, 4.69) is 0 Å². The van der Waals surface area contributed by atoms with Gasteiger partial charge < -0.3 is 5.73 Å². The molecule has 0 aliphatic rings. The van der Waals surface area contributed by atoms with Crippen molar-refractivity contribution < 1.29 is 9.00 Å². The summed E-state index contributed by atoms with van der Waals surface area (Å²) in [4.78, 5) is 11.3. The first-order valence-corrected chi connectivity index (χ1v) is 8.26. The van der Waals surface area contributed by atoms with Crippen LogP contribution in [-0.2, 0) is 15.8 Å². The molecule has 1 rings (SSSR count).